The molecule has 0 amide bonds. The van der Waals surface area contributed by atoms with E-state index in [-0.39, 0.29) is 6.23 Å². The van der Waals surface area contributed by atoms with Gasteiger partial charge in [0.1, 0.15) is 5.75 Å². The van der Waals surface area contributed by atoms with E-state index in [4.69, 9.17) is 16.3 Å². The van der Waals surface area contributed by atoms with Gasteiger partial charge in [0.25, 0.3) is 0 Å². The number of benzene rings is 2. The van der Waals surface area contributed by atoms with Gasteiger partial charge in [-0.2, -0.15) is 0 Å². The van der Waals surface area contributed by atoms with Crippen LogP contribution in [0.25, 0.3) is 22.2 Å². The Bertz CT molecular complexity index is 1260. The number of aromatic nitrogens is 1. The third-order valence-electron chi connectivity index (χ3n) is 5.41. The summed E-state index contributed by atoms with van der Waals surface area (Å²) in [4.78, 5) is 1.11. The van der Waals surface area contributed by atoms with Gasteiger partial charge in [-0.05, 0) is 66.4 Å². The molecule has 1 aliphatic heterocycles. The molecule has 1 aliphatic carbocycles. The maximum absolute atomic E-state index is 6.58. The van der Waals surface area contributed by atoms with Crippen molar-refractivity contribution in [2.45, 2.75) is 19.1 Å². The van der Waals surface area contributed by atoms with Crippen molar-refractivity contribution in [2.75, 3.05) is 0 Å². The number of rotatable bonds is 1. The smallest absolute Gasteiger partial charge is 0.212 e. The first kappa shape index (κ1) is 16.7. The molecular weight excluding hydrogens is 510 g/mol. The topological polar surface area (TPSA) is 14.2 Å². The Kier molecular flexibility index (Phi) is 3.62. The van der Waals surface area contributed by atoms with Gasteiger partial charge in [0, 0.05) is 19.9 Å². The third kappa shape index (κ3) is 2.35. The Morgan fingerprint density at radius 2 is 1.93 bits per heavy atom. The highest BCUT2D eigenvalue weighted by Crippen LogP contribution is 2.52. The SMILES string of the molecule is Clc1ccc([C@@H]2Oc3cc(Br)cc4c3-c3c(c5cc(Br)ccc5n32)CC4)s1. The van der Waals surface area contributed by atoms with Crippen LogP contribution in [0.15, 0.2) is 51.4 Å². The van der Waals surface area contributed by atoms with Crippen LogP contribution >= 0.6 is 54.8 Å². The molecule has 0 saturated carbocycles. The predicted molar refractivity (Wildman–Crippen MR) is 118 cm³/mol. The number of hydrogen-bond donors (Lipinski definition) is 0. The van der Waals surface area contributed by atoms with E-state index in [1.165, 1.54) is 33.3 Å². The van der Waals surface area contributed by atoms with Crippen LogP contribution in [0.3, 0.4) is 0 Å². The maximum Gasteiger partial charge on any atom is 0.212 e. The average molecular weight is 522 g/mol. The summed E-state index contributed by atoms with van der Waals surface area (Å²) in [6.07, 6.45) is 1.86. The Morgan fingerprint density at radius 1 is 1.04 bits per heavy atom. The molecule has 27 heavy (non-hydrogen) atoms. The number of aryl methyl sites for hydroxylation is 2. The van der Waals surface area contributed by atoms with Crippen LogP contribution in [0.5, 0.6) is 5.75 Å². The quantitative estimate of drug-likeness (QED) is 0.252. The molecule has 2 aromatic heterocycles. The van der Waals surface area contributed by atoms with E-state index in [0.29, 0.717) is 0 Å². The fourth-order valence-corrected chi connectivity index (χ4v) is 6.32. The first-order valence-corrected chi connectivity index (χ1v) is 11.5. The van der Waals surface area contributed by atoms with Gasteiger partial charge in [-0.25, -0.2) is 0 Å². The van der Waals surface area contributed by atoms with Gasteiger partial charge in [0.05, 0.1) is 20.4 Å². The number of ether oxygens (including phenoxy) is 1. The molecule has 2 nitrogen and oxygen atoms in total. The zero-order valence-corrected chi connectivity index (χ0v) is 18.7. The highest BCUT2D eigenvalue weighted by atomic mass is 79.9. The van der Waals surface area contributed by atoms with E-state index in [2.05, 4.69) is 72.8 Å². The van der Waals surface area contributed by atoms with Crippen LogP contribution in [0.1, 0.15) is 22.2 Å². The first-order chi connectivity index (χ1) is 13.1. The van der Waals surface area contributed by atoms with Crippen LogP contribution in [-0.4, -0.2) is 4.57 Å². The van der Waals surface area contributed by atoms with Gasteiger partial charge in [0.2, 0.25) is 6.23 Å². The molecule has 0 unspecified atom stereocenters. The number of thiophene rings is 1. The summed E-state index contributed by atoms with van der Waals surface area (Å²) in [7, 11) is 0. The van der Waals surface area contributed by atoms with Crippen molar-refractivity contribution in [1.29, 1.82) is 0 Å². The molecule has 0 N–H and O–H groups in total. The zero-order chi connectivity index (χ0) is 18.3. The molecule has 3 heterocycles. The van der Waals surface area contributed by atoms with E-state index in [9.17, 15) is 0 Å². The van der Waals surface area contributed by atoms with E-state index in [1.54, 1.807) is 11.3 Å². The van der Waals surface area contributed by atoms with Gasteiger partial charge in [-0.1, -0.05) is 43.5 Å². The molecule has 2 aromatic carbocycles. The van der Waals surface area contributed by atoms with Gasteiger partial charge in [-0.3, -0.25) is 4.57 Å². The van der Waals surface area contributed by atoms with Gasteiger partial charge < -0.3 is 4.74 Å². The van der Waals surface area contributed by atoms with E-state index in [1.807, 2.05) is 6.07 Å². The molecule has 6 heteroatoms. The lowest BCUT2D eigenvalue weighted by molar-refractivity contribution is 0.176. The molecule has 0 spiro atoms. The summed E-state index contributed by atoms with van der Waals surface area (Å²) in [6.45, 7) is 0. The summed E-state index contributed by atoms with van der Waals surface area (Å²) in [6, 6.07) is 14.9. The summed E-state index contributed by atoms with van der Waals surface area (Å²) in [5, 5.41) is 1.30. The number of nitrogens with zero attached hydrogens (tertiary/aromatic N) is 1. The molecule has 2 aliphatic rings. The molecule has 134 valence electrons. The van der Waals surface area contributed by atoms with E-state index < -0.39 is 0 Å². The number of fused-ring (bicyclic) bond motifs is 3. The third-order valence-corrected chi connectivity index (χ3v) is 7.62. The van der Waals surface area contributed by atoms with Gasteiger partial charge in [-0.15, -0.1) is 11.3 Å². The Morgan fingerprint density at radius 3 is 2.74 bits per heavy atom. The predicted octanol–water partition coefficient (Wildman–Crippen LogP) is 7.59. The second-order valence-electron chi connectivity index (χ2n) is 6.91. The minimum Gasteiger partial charge on any atom is -0.464 e. The fraction of sp³-hybridized carbons (Fsp3) is 0.143. The molecular formula is C21H12Br2ClNOS. The summed E-state index contributed by atoms with van der Waals surface area (Å²) >= 11 is 15.1. The van der Waals surface area contributed by atoms with Crippen LogP contribution < -0.4 is 4.74 Å². The highest BCUT2D eigenvalue weighted by molar-refractivity contribution is 9.10. The molecule has 6 rings (SSSR count). The summed E-state index contributed by atoms with van der Waals surface area (Å²) < 4.78 is 11.9. The van der Waals surface area contributed by atoms with Crippen molar-refractivity contribution in [3.8, 4) is 17.0 Å². The Labute approximate surface area is 182 Å². The second-order valence-corrected chi connectivity index (χ2v) is 10.5. The molecule has 0 radical (unpaired) electrons. The van der Waals surface area contributed by atoms with Gasteiger partial charge in [0.15, 0.2) is 0 Å². The van der Waals surface area contributed by atoms with Crippen molar-refractivity contribution < 1.29 is 4.74 Å². The lowest BCUT2D eigenvalue weighted by Gasteiger charge is -2.33. The van der Waals surface area contributed by atoms with Crippen LogP contribution in [0.4, 0.5) is 0 Å². The maximum atomic E-state index is 6.58. The largest absolute Gasteiger partial charge is 0.464 e. The van der Waals surface area contributed by atoms with Crippen LogP contribution in [-0.2, 0) is 12.8 Å². The normalized spacial score (nSPS) is 17.1. The molecule has 0 bridgehead atoms. The Hall–Kier alpha value is -1.27. The minimum absolute atomic E-state index is 0.206. The molecule has 0 fully saturated rings. The second kappa shape index (κ2) is 5.86. The zero-order valence-electron chi connectivity index (χ0n) is 13.9. The van der Waals surface area contributed by atoms with Crippen LogP contribution in [0, 0.1) is 0 Å². The summed E-state index contributed by atoms with van der Waals surface area (Å²) in [5.74, 6) is 0.948. The van der Waals surface area contributed by atoms with Crippen molar-refractivity contribution in [3.63, 3.8) is 0 Å². The lowest BCUT2D eigenvalue weighted by atomic mass is 9.88. The monoisotopic (exact) mass is 519 g/mol. The molecule has 0 saturated heterocycles. The van der Waals surface area contributed by atoms with Crippen LogP contribution in [0.2, 0.25) is 4.34 Å². The molecule has 1 atom stereocenters. The van der Waals surface area contributed by atoms with Crippen molar-refractivity contribution in [1.82, 2.24) is 4.57 Å². The van der Waals surface area contributed by atoms with E-state index >= 15 is 0 Å². The fourth-order valence-electron chi connectivity index (χ4n) is 4.40. The summed E-state index contributed by atoms with van der Waals surface area (Å²) in [5.41, 5.74) is 6.51. The highest BCUT2D eigenvalue weighted by Gasteiger charge is 2.36. The van der Waals surface area contributed by atoms with Crippen molar-refractivity contribution in [3.05, 3.63) is 71.8 Å². The van der Waals surface area contributed by atoms with Gasteiger partial charge >= 0.3 is 0 Å². The van der Waals surface area contributed by atoms with Crippen molar-refractivity contribution in [2.24, 2.45) is 0 Å². The number of halogens is 3. The molecule has 4 aromatic rings. The van der Waals surface area contributed by atoms with E-state index in [0.717, 1.165) is 36.8 Å². The Balaban J connectivity index is 1.75. The van der Waals surface area contributed by atoms with Crippen molar-refractivity contribution >= 4 is 65.7 Å². The average Bonchev–Trinajstić information content (AvgIpc) is 3.21. The first-order valence-electron chi connectivity index (χ1n) is 8.67. The lowest BCUT2D eigenvalue weighted by Crippen LogP contribution is -2.23. The standard InChI is InChI=1S/C21H12Br2ClNOS/c22-11-2-4-15-14(8-11)13-3-1-10-7-12(23)9-16-19(10)20(13)25(15)21(26-16)17-5-6-18(24)27-17/h2,4-9,21H,1,3H2/t21-/m0/s1. The minimum atomic E-state index is -0.206. The number of hydrogen-bond acceptors (Lipinski definition) is 2.